The monoisotopic (exact) mass is 275 g/mol. The lowest BCUT2D eigenvalue weighted by Gasteiger charge is -2.48. The zero-order chi connectivity index (χ0) is 14.1. The van der Waals surface area contributed by atoms with Gasteiger partial charge < -0.3 is 15.4 Å². The van der Waals surface area contributed by atoms with E-state index in [9.17, 15) is 0 Å². The molecule has 4 nitrogen and oxygen atoms in total. The van der Waals surface area contributed by atoms with Crippen LogP contribution >= 0.6 is 0 Å². The number of hydrogen-bond donors (Lipinski definition) is 1. The maximum Gasteiger partial charge on any atom is 0.143 e. The van der Waals surface area contributed by atoms with Crippen molar-refractivity contribution < 1.29 is 4.74 Å². The number of nitrogens with two attached hydrogens (primary N) is 1. The van der Waals surface area contributed by atoms with Crippen molar-refractivity contribution in [3.63, 3.8) is 0 Å². The lowest BCUT2D eigenvalue weighted by atomic mass is 9.96. The van der Waals surface area contributed by atoms with Gasteiger partial charge in [-0.2, -0.15) is 0 Å². The van der Waals surface area contributed by atoms with Gasteiger partial charge in [-0.05, 0) is 38.4 Å². The van der Waals surface area contributed by atoms with Gasteiger partial charge in [0, 0.05) is 25.2 Å². The van der Waals surface area contributed by atoms with Gasteiger partial charge in [0.25, 0.3) is 0 Å². The molecule has 2 heterocycles. The van der Waals surface area contributed by atoms with Crippen molar-refractivity contribution in [2.24, 2.45) is 0 Å². The molecule has 2 N–H and O–H groups in total. The highest BCUT2D eigenvalue weighted by Gasteiger charge is 2.33. The summed E-state index contributed by atoms with van der Waals surface area (Å²) in [5, 5.41) is 0. The Bertz CT molecular complexity index is 477. The van der Waals surface area contributed by atoms with Crippen LogP contribution in [0.5, 0.6) is 5.75 Å². The van der Waals surface area contributed by atoms with Gasteiger partial charge in [0.1, 0.15) is 5.75 Å². The fraction of sp³-hybridized carbons (Fsp3) is 0.625. The molecule has 0 aromatic heterocycles. The number of benzene rings is 1. The molecule has 1 aromatic rings. The van der Waals surface area contributed by atoms with Gasteiger partial charge in [0.05, 0.1) is 18.5 Å². The molecule has 2 fully saturated rings. The molecule has 3 rings (SSSR count). The van der Waals surface area contributed by atoms with Gasteiger partial charge >= 0.3 is 0 Å². The number of methoxy groups -OCH3 is 1. The molecule has 20 heavy (non-hydrogen) atoms. The first-order chi connectivity index (χ1) is 9.70. The number of nitrogen functional groups attached to an aromatic ring is 1. The third-order valence-electron chi connectivity index (χ3n) is 4.76. The molecule has 2 saturated heterocycles. The number of para-hydroxylation sites is 1. The molecule has 0 amide bonds. The van der Waals surface area contributed by atoms with E-state index >= 15 is 0 Å². The van der Waals surface area contributed by atoms with E-state index in [2.05, 4.69) is 22.8 Å². The van der Waals surface area contributed by atoms with Crippen LogP contribution in [-0.4, -0.2) is 43.7 Å². The van der Waals surface area contributed by atoms with Gasteiger partial charge in [-0.1, -0.05) is 12.5 Å². The minimum Gasteiger partial charge on any atom is -0.495 e. The summed E-state index contributed by atoms with van der Waals surface area (Å²) >= 11 is 0. The van der Waals surface area contributed by atoms with E-state index in [1.54, 1.807) is 7.11 Å². The van der Waals surface area contributed by atoms with Crippen LogP contribution in [0.3, 0.4) is 0 Å². The highest BCUT2D eigenvalue weighted by Crippen LogP contribution is 2.36. The molecule has 1 aromatic carbocycles. The maximum absolute atomic E-state index is 6.27. The molecule has 4 heteroatoms. The molecular weight excluding hydrogens is 250 g/mol. The third-order valence-corrected chi connectivity index (χ3v) is 4.76. The molecule has 0 radical (unpaired) electrons. The second-order valence-corrected chi connectivity index (χ2v) is 6.04. The van der Waals surface area contributed by atoms with Crippen molar-refractivity contribution in [3.8, 4) is 5.75 Å². The molecule has 2 atom stereocenters. The molecule has 2 aliphatic rings. The van der Waals surface area contributed by atoms with Gasteiger partial charge in [0.2, 0.25) is 0 Å². The summed E-state index contributed by atoms with van der Waals surface area (Å²) in [5.74, 6) is 0.778. The summed E-state index contributed by atoms with van der Waals surface area (Å²) in [4.78, 5) is 5.12. The van der Waals surface area contributed by atoms with Crippen molar-refractivity contribution in [2.75, 3.05) is 37.4 Å². The first-order valence-electron chi connectivity index (χ1n) is 7.64. The first-order valence-corrected chi connectivity index (χ1v) is 7.64. The van der Waals surface area contributed by atoms with Gasteiger partial charge in [-0.3, -0.25) is 4.90 Å². The van der Waals surface area contributed by atoms with Crippen LogP contribution in [0.2, 0.25) is 0 Å². The Hall–Kier alpha value is -1.42. The quantitative estimate of drug-likeness (QED) is 0.841. The van der Waals surface area contributed by atoms with Crippen LogP contribution in [-0.2, 0) is 0 Å². The predicted octanol–water partition coefficient (Wildman–Crippen LogP) is 2.34. The van der Waals surface area contributed by atoms with E-state index in [1.165, 1.54) is 25.8 Å². The van der Waals surface area contributed by atoms with Crippen molar-refractivity contribution in [3.05, 3.63) is 18.2 Å². The SMILES string of the molecule is COc1cccc(N2CC3CCCCN3CC2C)c1N. The van der Waals surface area contributed by atoms with Gasteiger partial charge in [0.15, 0.2) is 0 Å². The van der Waals surface area contributed by atoms with Crippen molar-refractivity contribution in [1.82, 2.24) is 4.90 Å². The first kappa shape index (κ1) is 13.6. The Morgan fingerprint density at radius 1 is 1.25 bits per heavy atom. The van der Waals surface area contributed by atoms with Crippen LogP contribution in [0.4, 0.5) is 11.4 Å². The van der Waals surface area contributed by atoms with E-state index in [-0.39, 0.29) is 0 Å². The number of rotatable bonds is 2. The zero-order valence-electron chi connectivity index (χ0n) is 12.5. The van der Waals surface area contributed by atoms with Gasteiger partial charge in [-0.15, -0.1) is 0 Å². The smallest absolute Gasteiger partial charge is 0.143 e. The van der Waals surface area contributed by atoms with Gasteiger partial charge in [-0.25, -0.2) is 0 Å². The molecule has 0 saturated carbocycles. The van der Waals surface area contributed by atoms with E-state index < -0.39 is 0 Å². The van der Waals surface area contributed by atoms with Crippen LogP contribution < -0.4 is 15.4 Å². The summed E-state index contributed by atoms with van der Waals surface area (Å²) in [5.41, 5.74) is 8.17. The largest absolute Gasteiger partial charge is 0.495 e. The Kier molecular flexibility index (Phi) is 3.74. The summed E-state index contributed by atoms with van der Waals surface area (Å²) in [6.07, 6.45) is 4.02. The van der Waals surface area contributed by atoms with Crippen molar-refractivity contribution in [2.45, 2.75) is 38.3 Å². The normalized spacial score (nSPS) is 27.2. The van der Waals surface area contributed by atoms with E-state index in [1.807, 2.05) is 12.1 Å². The lowest BCUT2D eigenvalue weighted by Crippen LogP contribution is -2.59. The number of piperidine rings is 1. The molecule has 0 bridgehead atoms. The van der Waals surface area contributed by atoms with Crippen molar-refractivity contribution >= 4 is 11.4 Å². The van der Waals surface area contributed by atoms with E-state index in [0.717, 1.165) is 30.2 Å². The summed E-state index contributed by atoms with van der Waals surface area (Å²) < 4.78 is 5.36. The zero-order valence-corrected chi connectivity index (χ0v) is 12.5. The van der Waals surface area contributed by atoms with E-state index in [0.29, 0.717) is 12.1 Å². The fourth-order valence-corrected chi connectivity index (χ4v) is 3.65. The number of piperazine rings is 1. The lowest BCUT2D eigenvalue weighted by molar-refractivity contribution is 0.115. The minimum absolute atomic E-state index is 0.499. The molecular formula is C16H25N3O. The second kappa shape index (κ2) is 5.52. The molecule has 110 valence electrons. The highest BCUT2D eigenvalue weighted by molar-refractivity contribution is 5.74. The Labute approximate surface area is 121 Å². The van der Waals surface area contributed by atoms with Crippen LogP contribution in [0.25, 0.3) is 0 Å². The Balaban J connectivity index is 1.86. The molecule has 0 spiro atoms. The Morgan fingerprint density at radius 3 is 2.90 bits per heavy atom. The number of nitrogens with zero attached hydrogens (tertiary/aromatic N) is 2. The predicted molar refractivity (Wildman–Crippen MR) is 83.4 cm³/mol. The molecule has 2 unspecified atom stereocenters. The number of anilines is 2. The standard InChI is InChI=1S/C16H25N3O/c1-12-10-18-9-4-3-6-13(18)11-19(12)14-7-5-8-15(20-2)16(14)17/h5,7-8,12-13H,3-4,6,9-11,17H2,1-2H3. The van der Waals surface area contributed by atoms with Crippen molar-refractivity contribution in [1.29, 1.82) is 0 Å². The van der Waals surface area contributed by atoms with Crippen LogP contribution in [0.1, 0.15) is 26.2 Å². The average Bonchev–Trinajstić information content (AvgIpc) is 2.47. The summed E-state index contributed by atoms with van der Waals surface area (Å²) in [6.45, 7) is 5.78. The number of fused-ring (bicyclic) bond motifs is 1. The highest BCUT2D eigenvalue weighted by atomic mass is 16.5. The van der Waals surface area contributed by atoms with Crippen LogP contribution in [0.15, 0.2) is 18.2 Å². The summed E-state index contributed by atoms with van der Waals surface area (Å²) in [7, 11) is 1.68. The Morgan fingerprint density at radius 2 is 2.10 bits per heavy atom. The molecule has 2 aliphatic heterocycles. The van der Waals surface area contributed by atoms with E-state index in [4.69, 9.17) is 10.5 Å². The third kappa shape index (κ3) is 2.33. The van der Waals surface area contributed by atoms with Crippen LogP contribution in [0, 0.1) is 0 Å². The minimum atomic E-state index is 0.499. The average molecular weight is 275 g/mol. The fourth-order valence-electron chi connectivity index (χ4n) is 3.65. The topological polar surface area (TPSA) is 41.7 Å². The number of ether oxygens (including phenoxy) is 1. The second-order valence-electron chi connectivity index (χ2n) is 6.04. The molecule has 0 aliphatic carbocycles. The number of hydrogen-bond acceptors (Lipinski definition) is 4. The maximum atomic E-state index is 6.27. The summed E-state index contributed by atoms with van der Waals surface area (Å²) in [6, 6.07) is 7.27.